The van der Waals surface area contributed by atoms with Crippen molar-refractivity contribution in [3.05, 3.63) is 0 Å². The van der Waals surface area contributed by atoms with Crippen LogP contribution in [0.5, 0.6) is 0 Å². The van der Waals surface area contributed by atoms with E-state index in [0.29, 0.717) is 12.5 Å². The van der Waals surface area contributed by atoms with Crippen molar-refractivity contribution in [2.45, 2.75) is 44.3 Å². The third-order valence-electron chi connectivity index (χ3n) is 3.90. The topological polar surface area (TPSA) is 38.7 Å². The normalized spacial score (nSPS) is 35.3. The Morgan fingerprint density at radius 3 is 3.18 bits per heavy atom. The maximum absolute atomic E-state index is 10.2. The number of hydrogen-bond donors (Lipinski definition) is 1. The first-order valence-electron chi connectivity index (χ1n) is 6.73. The van der Waals surface area contributed by atoms with E-state index in [4.69, 9.17) is 9.47 Å². The van der Waals surface area contributed by atoms with Gasteiger partial charge in [-0.3, -0.25) is 0 Å². The molecule has 4 heteroatoms. The van der Waals surface area contributed by atoms with Crippen molar-refractivity contribution in [1.82, 2.24) is 0 Å². The minimum absolute atomic E-state index is 0.0835. The third kappa shape index (κ3) is 3.60. The molecule has 2 rings (SSSR count). The fourth-order valence-corrected chi connectivity index (χ4v) is 4.22. The van der Waals surface area contributed by atoms with Crippen LogP contribution < -0.4 is 0 Å². The second-order valence-electron chi connectivity index (χ2n) is 5.14. The predicted molar refractivity (Wildman–Crippen MR) is 70.5 cm³/mol. The highest BCUT2D eigenvalue weighted by Crippen LogP contribution is 2.41. The summed E-state index contributed by atoms with van der Waals surface area (Å²) in [5.41, 5.74) is 0.0835. The Labute approximate surface area is 108 Å². The lowest BCUT2D eigenvalue weighted by Gasteiger charge is -2.39. The minimum atomic E-state index is -0.215. The first-order chi connectivity index (χ1) is 8.26. The van der Waals surface area contributed by atoms with Crippen LogP contribution in [0.3, 0.4) is 0 Å². The van der Waals surface area contributed by atoms with Crippen molar-refractivity contribution in [3.63, 3.8) is 0 Å². The number of aliphatic hydroxyl groups excluding tert-OH is 1. The molecule has 0 aromatic carbocycles. The van der Waals surface area contributed by atoms with Crippen LogP contribution in [0, 0.1) is 5.92 Å². The Morgan fingerprint density at radius 1 is 1.59 bits per heavy atom. The molecule has 0 saturated carbocycles. The summed E-state index contributed by atoms with van der Waals surface area (Å²) >= 11 is 1.98. The first kappa shape index (κ1) is 13.7. The molecule has 3 atom stereocenters. The van der Waals surface area contributed by atoms with Gasteiger partial charge in [0, 0.05) is 25.6 Å². The van der Waals surface area contributed by atoms with E-state index in [1.807, 2.05) is 18.7 Å². The molecule has 0 aromatic rings. The van der Waals surface area contributed by atoms with Crippen LogP contribution in [-0.4, -0.2) is 48.1 Å². The fraction of sp³-hybridized carbons (Fsp3) is 1.00. The summed E-state index contributed by atoms with van der Waals surface area (Å²) in [5.74, 6) is 2.73. The van der Waals surface area contributed by atoms with Gasteiger partial charge in [-0.05, 0) is 44.3 Å². The van der Waals surface area contributed by atoms with E-state index in [9.17, 15) is 5.11 Å². The first-order valence-corrected chi connectivity index (χ1v) is 7.89. The molecule has 2 aliphatic rings. The van der Waals surface area contributed by atoms with E-state index >= 15 is 0 Å². The van der Waals surface area contributed by atoms with Crippen LogP contribution >= 0.6 is 11.8 Å². The number of ether oxygens (including phenoxy) is 2. The van der Waals surface area contributed by atoms with Crippen LogP contribution in [0.1, 0.15) is 32.6 Å². The Bertz CT molecular complexity index is 229. The summed E-state index contributed by atoms with van der Waals surface area (Å²) in [6.07, 6.45) is 3.74. The van der Waals surface area contributed by atoms with E-state index < -0.39 is 0 Å². The Balaban J connectivity index is 1.79. The van der Waals surface area contributed by atoms with Crippen LogP contribution in [-0.2, 0) is 9.47 Å². The number of hydrogen-bond acceptors (Lipinski definition) is 4. The predicted octanol–water partition coefficient (Wildman–Crippen LogP) is 2.08. The summed E-state index contributed by atoms with van der Waals surface area (Å²) in [4.78, 5) is 0. The zero-order valence-corrected chi connectivity index (χ0v) is 11.5. The van der Waals surface area contributed by atoms with E-state index in [1.54, 1.807) is 0 Å². The van der Waals surface area contributed by atoms with E-state index in [-0.39, 0.29) is 11.7 Å². The molecule has 1 N–H and O–H groups in total. The molecule has 2 saturated heterocycles. The van der Waals surface area contributed by atoms with Gasteiger partial charge in [0.2, 0.25) is 0 Å². The average Bonchev–Trinajstić information content (AvgIpc) is 2.77. The Hall–Kier alpha value is 0.230. The molecule has 0 bridgehead atoms. The smallest absolute Gasteiger partial charge is 0.0783 e. The molecule has 17 heavy (non-hydrogen) atoms. The molecular formula is C13H24O3S. The molecule has 2 heterocycles. The van der Waals surface area contributed by atoms with Gasteiger partial charge in [0.1, 0.15) is 0 Å². The number of rotatable bonds is 5. The summed E-state index contributed by atoms with van der Waals surface area (Å²) in [6, 6.07) is 0. The highest BCUT2D eigenvalue weighted by atomic mass is 32.2. The van der Waals surface area contributed by atoms with Gasteiger partial charge >= 0.3 is 0 Å². The fourth-order valence-electron chi connectivity index (χ4n) is 2.84. The van der Waals surface area contributed by atoms with Crippen molar-refractivity contribution in [1.29, 1.82) is 0 Å². The SMILES string of the molecule is CCOCCC(O)C1CCOC2(CCSC2)C1. The van der Waals surface area contributed by atoms with Crippen molar-refractivity contribution in [2.75, 3.05) is 31.3 Å². The molecule has 2 fully saturated rings. The maximum Gasteiger partial charge on any atom is 0.0783 e. The van der Waals surface area contributed by atoms with E-state index in [0.717, 1.165) is 44.6 Å². The molecule has 0 radical (unpaired) electrons. The second-order valence-corrected chi connectivity index (χ2v) is 6.25. The molecule has 0 aromatic heterocycles. The Kier molecular flexibility index (Phi) is 5.15. The number of thioether (sulfide) groups is 1. The largest absolute Gasteiger partial charge is 0.393 e. The molecular weight excluding hydrogens is 236 g/mol. The molecule has 0 aliphatic carbocycles. The molecule has 3 unspecified atom stereocenters. The summed E-state index contributed by atoms with van der Waals surface area (Å²) in [6.45, 7) is 4.22. The van der Waals surface area contributed by atoms with Crippen molar-refractivity contribution in [3.8, 4) is 0 Å². The molecule has 100 valence electrons. The lowest BCUT2D eigenvalue weighted by atomic mass is 9.81. The van der Waals surface area contributed by atoms with Crippen molar-refractivity contribution in [2.24, 2.45) is 5.92 Å². The van der Waals surface area contributed by atoms with Gasteiger partial charge in [-0.1, -0.05) is 0 Å². The Morgan fingerprint density at radius 2 is 2.47 bits per heavy atom. The molecule has 3 nitrogen and oxygen atoms in total. The third-order valence-corrected chi connectivity index (χ3v) is 5.13. The zero-order valence-electron chi connectivity index (χ0n) is 10.7. The summed E-state index contributed by atoms with van der Waals surface area (Å²) in [7, 11) is 0. The quantitative estimate of drug-likeness (QED) is 0.768. The van der Waals surface area contributed by atoms with Gasteiger partial charge in [-0.25, -0.2) is 0 Å². The standard InChI is InChI=1S/C13H24O3S/c1-2-15-6-4-12(14)11-3-7-16-13(9-11)5-8-17-10-13/h11-12,14H,2-10H2,1H3. The zero-order chi connectivity index (χ0) is 12.1. The lowest BCUT2D eigenvalue weighted by molar-refractivity contribution is -0.104. The minimum Gasteiger partial charge on any atom is -0.393 e. The number of aliphatic hydroxyl groups is 1. The summed E-state index contributed by atoms with van der Waals surface area (Å²) < 4.78 is 11.3. The van der Waals surface area contributed by atoms with Gasteiger partial charge in [0.05, 0.1) is 11.7 Å². The lowest BCUT2D eigenvalue weighted by Crippen LogP contribution is -2.43. The average molecular weight is 260 g/mol. The van der Waals surface area contributed by atoms with Crippen LogP contribution in [0.15, 0.2) is 0 Å². The second kappa shape index (κ2) is 6.41. The van der Waals surface area contributed by atoms with E-state index in [2.05, 4.69) is 0 Å². The van der Waals surface area contributed by atoms with Crippen molar-refractivity contribution >= 4 is 11.8 Å². The summed E-state index contributed by atoms with van der Waals surface area (Å²) in [5, 5.41) is 10.2. The molecule has 2 aliphatic heterocycles. The van der Waals surface area contributed by atoms with Crippen LogP contribution in [0.4, 0.5) is 0 Å². The molecule has 0 amide bonds. The van der Waals surface area contributed by atoms with E-state index in [1.165, 1.54) is 5.75 Å². The van der Waals surface area contributed by atoms with Gasteiger partial charge in [0.15, 0.2) is 0 Å². The van der Waals surface area contributed by atoms with Gasteiger partial charge in [-0.2, -0.15) is 11.8 Å². The van der Waals surface area contributed by atoms with Gasteiger partial charge in [-0.15, -0.1) is 0 Å². The van der Waals surface area contributed by atoms with Crippen LogP contribution in [0.2, 0.25) is 0 Å². The van der Waals surface area contributed by atoms with Crippen molar-refractivity contribution < 1.29 is 14.6 Å². The van der Waals surface area contributed by atoms with Crippen LogP contribution in [0.25, 0.3) is 0 Å². The highest BCUT2D eigenvalue weighted by molar-refractivity contribution is 7.99. The molecule has 1 spiro atoms. The van der Waals surface area contributed by atoms with Gasteiger partial charge in [0.25, 0.3) is 0 Å². The maximum atomic E-state index is 10.2. The monoisotopic (exact) mass is 260 g/mol. The highest BCUT2D eigenvalue weighted by Gasteiger charge is 2.42. The van der Waals surface area contributed by atoms with Gasteiger partial charge < -0.3 is 14.6 Å².